The van der Waals surface area contributed by atoms with Gasteiger partial charge in [0.05, 0.1) is 29.4 Å². The van der Waals surface area contributed by atoms with E-state index in [9.17, 15) is 0 Å². The molecule has 2 aliphatic rings. The summed E-state index contributed by atoms with van der Waals surface area (Å²) in [6.45, 7) is 20.9. The Hall–Kier alpha value is 0.0938. The van der Waals surface area contributed by atoms with Crippen LogP contribution in [0.1, 0.15) is 26.7 Å². The van der Waals surface area contributed by atoms with Crippen LogP contribution in [0.25, 0.3) is 0 Å². The predicted octanol–water partition coefficient (Wildman–Crippen LogP) is 4.60. The lowest BCUT2D eigenvalue weighted by Gasteiger charge is -2.42. The summed E-state index contributed by atoms with van der Waals surface area (Å²) in [5, 5.41) is 3.47. The zero-order chi connectivity index (χ0) is 15.4. The molecule has 0 aromatic rings. The van der Waals surface area contributed by atoms with Crippen LogP contribution >= 0.6 is 0 Å². The third-order valence-electron chi connectivity index (χ3n) is 4.52. The van der Waals surface area contributed by atoms with Crippen molar-refractivity contribution in [3.63, 3.8) is 0 Å². The van der Waals surface area contributed by atoms with Gasteiger partial charge in [0.2, 0.25) is 0 Å². The van der Waals surface area contributed by atoms with E-state index in [-0.39, 0.29) is 11.2 Å². The van der Waals surface area contributed by atoms with Crippen LogP contribution in [-0.4, -0.2) is 35.1 Å². The van der Waals surface area contributed by atoms with E-state index in [1.54, 1.807) is 10.4 Å². The first-order chi connectivity index (χ1) is 8.85. The van der Waals surface area contributed by atoms with Crippen LogP contribution in [0.5, 0.6) is 0 Å². The molecule has 0 atom stereocenters. The van der Waals surface area contributed by atoms with Gasteiger partial charge in [-0.2, -0.15) is 0 Å². The molecule has 1 saturated heterocycles. The molecule has 1 aliphatic heterocycles. The number of ether oxygens (including phenoxy) is 2. The van der Waals surface area contributed by atoms with Gasteiger partial charge in [-0.15, -0.1) is 0 Å². The molecular formula is C16H32O2Si2. The predicted molar refractivity (Wildman–Crippen MR) is 91.4 cm³/mol. The van der Waals surface area contributed by atoms with Gasteiger partial charge in [-0.25, -0.2) is 0 Å². The van der Waals surface area contributed by atoms with Crippen molar-refractivity contribution in [3.8, 4) is 0 Å². The van der Waals surface area contributed by atoms with Gasteiger partial charge >= 0.3 is 0 Å². The molecule has 1 spiro atoms. The Kier molecular flexibility index (Phi) is 3.95. The molecule has 116 valence electrons. The molecule has 1 aliphatic carbocycles. The molecule has 20 heavy (non-hydrogen) atoms. The summed E-state index contributed by atoms with van der Waals surface area (Å²) in [5.41, 5.74) is 0.159. The van der Waals surface area contributed by atoms with E-state index in [4.69, 9.17) is 9.47 Å². The van der Waals surface area contributed by atoms with Crippen molar-refractivity contribution in [1.29, 1.82) is 0 Å². The third kappa shape index (κ3) is 3.29. The zero-order valence-electron chi connectivity index (χ0n) is 14.6. The normalized spacial score (nSPS) is 26.4. The van der Waals surface area contributed by atoms with Gasteiger partial charge in [0.15, 0.2) is 5.79 Å². The van der Waals surface area contributed by atoms with E-state index in [1.807, 2.05) is 0 Å². The number of hydrogen-bond acceptors (Lipinski definition) is 2. The van der Waals surface area contributed by atoms with Gasteiger partial charge in [-0.3, -0.25) is 0 Å². The van der Waals surface area contributed by atoms with Crippen molar-refractivity contribution in [2.24, 2.45) is 5.41 Å². The molecule has 4 heteroatoms. The van der Waals surface area contributed by atoms with E-state index < -0.39 is 16.1 Å². The lowest BCUT2D eigenvalue weighted by atomic mass is 9.94. The number of rotatable bonds is 2. The maximum atomic E-state index is 6.27. The summed E-state index contributed by atoms with van der Waals surface area (Å²) < 4.78 is 12.5. The van der Waals surface area contributed by atoms with E-state index >= 15 is 0 Å². The van der Waals surface area contributed by atoms with Crippen LogP contribution in [0.4, 0.5) is 0 Å². The Morgan fingerprint density at radius 1 is 0.750 bits per heavy atom. The monoisotopic (exact) mass is 312 g/mol. The van der Waals surface area contributed by atoms with Crippen molar-refractivity contribution in [2.45, 2.75) is 71.8 Å². The molecule has 1 heterocycles. The Morgan fingerprint density at radius 3 is 1.40 bits per heavy atom. The second-order valence-electron chi connectivity index (χ2n) is 9.46. The Bertz CT molecular complexity index is 387. The van der Waals surface area contributed by atoms with Crippen molar-refractivity contribution in [3.05, 3.63) is 10.4 Å². The van der Waals surface area contributed by atoms with E-state index in [1.165, 1.54) is 0 Å². The average Bonchev–Trinajstić information content (AvgIpc) is 2.63. The van der Waals surface area contributed by atoms with Crippen LogP contribution in [0.2, 0.25) is 39.3 Å². The minimum Gasteiger partial charge on any atom is -0.349 e. The van der Waals surface area contributed by atoms with E-state index in [2.05, 4.69) is 53.1 Å². The summed E-state index contributed by atoms with van der Waals surface area (Å²) >= 11 is 0. The van der Waals surface area contributed by atoms with Crippen LogP contribution in [-0.2, 0) is 9.47 Å². The molecule has 1 fully saturated rings. The van der Waals surface area contributed by atoms with Crippen molar-refractivity contribution in [1.82, 2.24) is 0 Å². The Morgan fingerprint density at radius 2 is 1.10 bits per heavy atom. The fourth-order valence-corrected chi connectivity index (χ4v) is 9.03. The molecule has 0 aromatic carbocycles. The van der Waals surface area contributed by atoms with E-state index in [0.717, 1.165) is 26.1 Å². The molecule has 0 amide bonds. The molecular weight excluding hydrogens is 280 g/mol. The highest BCUT2D eigenvalue weighted by Crippen LogP contribution is 2.48. The van der Waals surface area contributed by atoms with Crippen LogP contribution in [0.15, 0.2) is 10.4 Å². The standard InChI is InChI=1S/C16H32O2Si2/c1-15(2)11-17-16(18-12-15)9-13(19(3,4)5)14(10-16)20(6,7)8/h9-12H2,1-8H3. The quantitative estimate of drug-likeness (QED) is 0.694. The van der Waals surface area contributed by atoms with Crippen molar-refractivity contribution < 1.29 is 9.47 Å². The largest absolute Gasteiger partial charge is 0.349 e. The maximum Gasteiger partial charge on any atom is 0.174 e. The molecule has 2 rings (SSSR count). The highest BCUT2D eigenvalue weighted by Gasteiger charge is 2.50. The highest BCUT2D eigenvalue weighted by molar-refractivity contribution is 6.89. The van der Waals surface area contributed by atoms with Crippen molar-refractivity contribution in [2.75, 3.05) is 13.2 Å². The fraction of sp³-hybridized carbons (Fsp3) is 0.875. The first kappa shape index (κ1) is 16.5. The number of hydrogen-bond donors (Lipinski definition) is 0. The zero-order valence-corrected chi connectivity index (χ0v) is 16.6. The van der Waals surface area contributed by atoms with Gasteiger partial charge in [-0.1, -0.05) is 63.5 Å². The van der Waals surface area contributed by atoms with Gasteiger partial charge in [-0.05, 0) is 0 Å². The highest BCUT2D eigenvalue weighted by atomic mass is 28.3. The summed E-state index contributed by atoms with van der Waals surface area (Å²) in [5.74, 6) is -0.319. The maximum absolute atomic E-state index is 6.27. The lowest BCUT2D eigenvalue weighted by molar-refractivity contribution is -0.292. The SMILES string of the molecule is CC1(C)COC2(CC([Si](C)(C)C)=C([Si](C)(C)C)C2)OC1. The summed E-state index contributed by atoms with van der Waals surface area (Å²) in [6.07, 6.45) is 2.05. The van der Waals surface area contributed by atoms with Crippen LogP contribution < -0.4 is 0 Å². The second-order valence-corrected chi connectivity index (χ2v) is 19.7. The molecule has 0 radical (unpaired) electrons. The fourth-order valence-electron chi connectivity index (χ4n) is 3.19. The molecule has 2 nitrogen and oxygen atoms in total. The first-order valence-electron chi connectivity index (χ1n) is 7.86. The second kappa shape index (κ2) is 4.80. The minimum atomic E-state index is -1.29. The smallest absolute Gasteiger partial charge is 0.174 e. The summed E-state index contributed by atoms with van der Waals surface area (Å²) in [7, 11) is -2.58. The van der Waals surface area contributed by atoms with Gasteiger partial charge < -0.3 is 9.47 Å². The minimum absolute atomic E-state index is 0.159. The van der Waals surface area contributed by atoms with Gasteiger partial charge in [0.1, 0.15) is 0 Å². The molecule has 0 aromatic heterocycles. The Balaban J connectivity index is 2.27. The first-order valence-corrected chi connectivity index (χ1v) is 14.9. The molecule has 0 saturated carbocycles. The van der Waals surface area contributed by atoms with E-state index in [0.29, 0.717) is 0 Å². The summed E-state index contributed by atoms with van der Waals surface area (Å²) in [4.78, 5) is 0. The summed E-state index contributed by atoms with van der Waals surface area (Å²) in [6, 6.07) is 0. The average molecular weight is 313 g/mol. The third-order valence-corrected chi connectivity index (χ3v) is 9.35. The van der Waals surface area contributed by atoms with Gasteiger partial charge in [0, 0.05) is 18.3 Å². The van der Waals surface area contributed by atoms with Crippen LogP contribution in [0, 0.1) is 5.41 Å². The van der Waals surface area contributed by atoms with Gasteiger partial charge in [0.25, 0.3) is 0 Å². The molecule has 0 N–H and O–H groups in total. The molecule has 0 unspecified atom stereocenters. The molecule has 0 bridgehead atoms. The Labute approximate surface area is 127 Å². The van der Waals surface area contributed by atoms with Crippen molar-refractivity contribution >= 4 is 16.1 Å². The van der Waals surface area contributed by atoms with Crippen LogP contribution in [0.3, 0.4) is 0 Å². The topological polar surface area (TPSA) is 18.5 Å². The lowest BCUT2D eigenvalue weighted by Crippen LogP contribution is -2.47.